The van der Waals surface area contributed by atoms with E-state index in [0.29, 0.717) is 21.9 Å². The number of carbonyl (C=O) groups is 1. The molecule has 0 atom stereocenters. The summed E-state index contributed by atoms with van der Waals surface area (Å²) < 4.78 is 32.1. The van der Waals surface area contributed by atoms with Gasteiger partial charge in [-0.2, -0.15) is 0 Å². The summed E-state index contributed by atoms with van der Waals surface area (Å²) in [4.78, 5) is 11.2. The summed E-state index contributed by atoms with van der Waals surface area (Å²) in [5.41, 5.74) is 1.45. The minimum atomic E-state index is -4.08. The fourth-order valence-corrected chi connectivity index (χ4v) is 4.25. The third-order valence-corrected chi connectivity index (χ3v) is 5.65. The van der Waals surface area contributed by atoms with Crippen LogP contribution in [0, 0.1) is 13.8 Å². The van der Waals surface area contributed by atoms with Gasteiger partial charge in [-0.05, 0) is 61.4 Å². The van der Waals surface area contributed by atoms with Gasteiger partial charge in [0, 0.05) is 5.02 Å². The zero-order valence-electron chi connectivity index (χ0n) is 14.0. The number of carboxylic acids is 1. The van der Waals surface area contributed by atoms with Gasteiger partial charge in [0.15, 0.2) is 0 Å². The molecule has 2 rings (SSSR count). The molecular formula is C17H18ClNO5S. The van der Waals surface area contributed by atoms with Gasteiger partial charge in [-0.3, -0.25) is 9.10 Å². The summed E-state index contributed by atoms with van der Waals surface area (Å²) in [5, 5.41) is 9.62. The number of carboxylic acid groups (broad SMARTS) is 1. The molecule has 0 aliphatic carbocycles. The van der Waals surface area contributed by atoms with E-state index in [-0.39, 0.29) is 10.6 Å². The molecule has 2 aromatic carbocycles. The molecule has 0 aliphatic heterocycles. The maximum atomic E-state index is 13.0. The van der Waals surface area contributed by atoms with Gasteiger partial charge in [-0.25, -0.2) is 8.42 Å². The Morgan fingerprint density at radius 2 is 1.84 bits per heavy atom. The third kappa shape index (κ3) is 4.05. The fraction of sp³-hybridized carbons (Fsp3) is 0.235. The van der Waals surface area contributed by atoms with Crippen molar-refractivity contribution in [3.8, 4) is 5.75 Å². The predicted octanol–water partition coefficient (Wildman–Crippen LogP) is 3.25. The van der Waals surface area contributed by atoms with Crippen molar-refractivity contribution >= 4 is 33.3 Å². The van der Waals surface area contributed by atoms with Gasteiger partial charge in [-0.1, -0.05) is 11.6 Å². The molecule has 0 heterocycles. The second-order valence-electron chi connectivity index (χ2n) is 5.47. The van der Waals surface area contributed by atoms with Crippen molar-refractivity contribution in [3.05, 3.63) is 52.5 Å². The lowest BCUT2D eigenvalue weighted by molar-refractivity contribution is -0.135. The zero-order valence-corrected chi connectivity index (χ0v) is 15.6. The van der Waals surface area contributed by atoms with E-state index in [1.807, 2.05) is 0 Å². The quantitative estimate of drug-likeness (QED) is 0.827. The number of methoxy groups -OCH3 is 1. The summed E-state index contributed by atoms with van der Waals surface area (Å²) in [6, 6.07) is 8.98. The maximum Gasteiger partial charge on any atom is 0.324 e. The number of ether oxygens (including phenoxy) is 1. The van der Waals surface area contributed by atoms with E-state index in [1.165, 1.54) is 37.4 Å². The van der Waals surface area contributed by atoms with Gasteiger partial charge in [0.1, 0.15) is 12.3 Å². The van der Waals surface area contributed by atoms with Crippen LogP contribution in [0.4, 0.5) is 5.69 Å². The van der Waals surface area contributed by atoms with Crippen molar-refractivity contribution in [2.75, 3.05) is 18.0 Å². The Bertz CT molecular complexity index is 911. The van der Waals surface area contributed by atoms with Crippen LogP contribution < -0.4 is 9.04 Å². The molecule has 6 nitrogen and oxygen atoms in total. The van der Waals surface area contributed by atoms with Crippen molar-refractivity contribution in [2.45, 2.75) is 18.7 Å². The molecule has 0 aliphatic rings. The summed E-state index contributed by atoms with van der Waals surface area (Å²) in [6.45, 7) is 2.69. The molecule has 2 aromatic rings. The van der Waals surface area contributed by atoms with Crippen LogP contribution >= 0.6 is 11.6 Å². The Labute approximate surface area is 151 Å². The fourth-order valence-electron chi connectivity index (χ4n) is 2.46. The first-order valence-electron chi connectivity index (χ1n) is 7.32. The molecule has 0 saturated heterocycles. The molecule has 25 heavy (non-hydrogen) atoms. The van der Waals surface area contributed by atoms with Crippen molar-refractivity contribution < 1.29 is 23.1 Å². The smallest absolute Gasteiger partial charge is 0.324 e. The lowest BCUT2D eigenvalue weighted by Gasteiger charge is -2.25. The van der Waals surface area contributed by atoms with Crippen LogP contribution in [0.1, 0.15) is 11.1 Å². The zero-order chi connectivity index (χ0) is 18.8. The highest BCUT2D eigenvalue weighted by molar-refractivity contribution is 7.92. The van der Waals surface area contributed by atoms with Gasteiger partial charge in [0.05, 0.1) is 17.7 Å². The highest BCUT2D eigenvalue weighted by Crippen LogP contribution is 2.30. The van der Waals surface area contributed by atoms with E-state index >= 15 is 0 Å². The normalized spacial score (nSPS) is 11.2. The monoisotopic (exact) mass is 383 g/mol. The van der Waals surface area contributed by atoms with Gasteiger partial charge >= 0.3 is 5.97 Å². The molecule has 8 heteroatoms. The summed E-state index contributed by atoms with van der Waals surface area (Å²) in [5.74, 6) is -0.713. The van der Waals surface area contributed by atoms with E-state index < -0.39 is 22.5 Å². The Kier molecular flexibility index (Phi) is 5.59. The Hall–Kier alpha value is -2.25. The Balaban J connectivity index is 2.60. The Morgan fingerprint density at radius 1 is 1.16 bits per heavy atom. The van der Waals surface area contributed by atoms with E-state index in [2.05, 4.69) is 0 Å². The predicted molar refractivity (Wildman–Crippen MR) is 96.1 cm³/mol. The number of aliphatic carboxylic acids is 1. The van der Waals surface area contributed by atoms with Crippen molar-refractivity contribution in [2.24, 2.45) is 0 Å². The SMILES string of the molecule is COc1ccc(S(=O)(=O)N(CC(=O)O)c2ccc(Cl)cc2C)cc1C. The topological polar surface area (TPSA) is 83.9 Å². The second kappa shape index (κ2) is 7.33. The average Bonchev–Trinajstić information content (AvgIpc) is 2.52. The molecule has 0 bridgehead atoms. The molecular weight excluding hydrogens is 366 g/mol. The van der Waals surface area contributed by atoms with Gasteiger partial charge in [0.2, 0.25) is 0 Å². The highest BCUT2D eigenvalue weighted by atomic mass is 35.5. The number of anilines is 1. The number of hydrogen-bond acceptors (Lipinski definition) is 4. The van der Waals surface area contributed by atoms with E-state index in [4.69, 9.17) is 16.3 Å². The number of aryl methyl sites for hydroxylation is 2. The van der Waals surface area contributed by atoms with Crippen LogP contribution in [0.2, 0.25) is 5.02 Å². The van der Waals surface area contributed by atoms with Crippen LogP contribution in [0.3, 0.4) is 0 Å². The van der Waals surface area contributed by atoms with Crippen LogP contribution in [0.25, 0.3) is 0 Å². The number of rotatable bonds is 6. The van der Waals surface area contributed by atoms with Gasteiger partial charge in [0.25, 0.3) is 10.0 Å². The molecule has 134 valence electrons. The lowest BCUT2D eigenvalue weighted by Crippen LogP contribution is -2.36. The minimum absolute atomic E-state index is 0.0126. The number of halogens is 1. The standard InChI is InChI=1S/C17H18ClNO5S/c1-11-8-13(18)4-6-15(11)19(10-17(20)21)25(22,23)14-5-7-16(24-3)12(2)9-14/h4-9H,10H2,1-3H3,(H,20,21). The summed E-state index contributed by atoms with van der Waals surface area (Å²) >= 11 is 5.91. The summed E-state index contributed by atoms with van der Waals surface area (Å²) in [7, 11) is -2.59. The molecule has 0 fully saturated rings. The first kappa shape index (κ1) is 19.1. The molecule has 0 saturated carbocycles. The molecule has 0 amide bonds. The van der Waals surface area contributed by atoms with Crippen molar-refractivity contribution in [1.82, 2.24) is 0 Å². The molecule has 0 aromatic heterocycles. The van der Waals surface area contributed by atoms with Gasteiger partial charge < -0.3 is 9.84 Å². The molecule has 0 unspecified atom stereocenters. The van der Waals surface area contributed by atoms with Crippen molar-refractivity contribution in [1.29, 1.82) is 0 Å². The first-order chi connectivity index (χ1) is 11.7. The number of nitrogens with zero attached hydrogens (tertiary/aromatic N) is 1. The van der Waals surface area contributed by atoms with Crippen molar-refractivity contribution in [3.63, 3.8) is 0 Å². The number of benzene rings is 2. The van der Waals surface area contributed by atoms with E-state index in [9.17, 15) is 18.3 Å². The minimum Gasteiger partial charge on any atom is -0.496 e. The lowest BCUT2D eigenvalue weighted by atomic mass is 10.2. The molecule has 0 radical (unpaired) electrons. The molecule has 0 spiro atoms. The largest absolute Gasteiger partial charge is 0.496 e. The number of sulfonamides is 1. The number of hydrogen-bond donors (Lipinski definition) is 1. The third-order valence-electron chi connectivity index (χ3n) is 3.66. The van der Waals surface area contributed by atoms with E-state index in [1.54, 1.807) is 19.9 Å². The van der Waals surface area contributed by atoms with Gasteiger partial charge in [-0.15, -0.1) is 0 Å². The average molecular weight is 384 g/mol. The van der Waals surface area contributed by atoms with E-state index in [0.717, 1.165) is 4.31 Å². The molecule has 1 N–H and O–H groups in total. The Morgan fingerprint density at radius 3 is 2.36 bits per heavy atom. The first-order valence-corrected chi connectivity index (χ1v) is 9.14. The summed E-state index contributed by atoms with van der Waals surface area (Å²) in [6.07, 6.45) is 0. The second-order valence-corrected chi connectivity index (χ2v) is 7.77. The maximum absolute atomic E-state index is 13.0. The highest BCUT2D eigenvalue weighted by Gasteiger charge is 2.28. The van der Waals surface area contributed by atoms with Crippen LogP contribution in [0.5, 0.6) is 5.75 Å². The van der Waals surface area contributed by atoms with Crippen LogP contribution in [-0.2, 0) is 14.8 Å². The van der Waals surface area contributed by atoms with Crippen LogP contribution in [-0.4, -0.2) is 33.1 Å². The van der Waals surface area contributed by atoms with Crippen LogP contribution in [0.15, 0.2) is 41.3 Å².